The van der Waals surface area contributed by atoms with Gasteiger partial charge in [0, 0.05) is 21.7 Å². The van der Waals surface area contributed by atoms with Crippen molar-refractivity contribution in [2.75, 3.05) is 5.32 Å². The summed E-state index contributed by atoms with van der Waals surface area (Å²) in [6, 6.07) is 3.89. The smallest absolute Gasteiger partial charge is 0.424 e. The summed E-state index contributed by atoms with van der Waals surface area (Å²) in [5.41, 5.74) is -2.04. The molecule has 166 valence electrons. The van der Waals surface area contributed by atoms with Gasteiger partial charge in [-0.15, -0.1) is 5.73 Å². The Labute approximate surface area is 183 Å². The van der Waals surface area contributed by atoms with E-state index < -0.39 is 40.1 Å². The summed E-state index contributed by atoms with van der Waals surface area (Å²) in [5.74, 6) is -1.01. The Kier molecular flexibility index (Phi) is 4.88. The average molecular weight is 454 g/mol. The van der Waals surface area contributed by atoms with Crippen molar-refractivity contribution in [1.29, 1.82) is 0 Å². The molecule has 31 heavy (non-hydrogen) atoms. The summed E-state index contributed by atoms with van der Waals surface area (Å²) in [7, 11) is 0. The Balaban J connectivity index is 1.75. The van der Waals surface area contributed by atoms with Gasteiger partial charge in [0.05, 0.1) is 5.41 Å². The van der Waals surface area contributed by atoms with E-state index in [0.717, 1.165) is 18.9 Å². The van der Waals surface area contributed by atoms with Crippen molar-refractivity contribution in [3.63, 3.8) is 0 Å². The van der Waals surface area contributed by atoms with Gasteiger partial charge in [-0.2, -0.15) is 13.2 Å². The average Bonchev–Trinajstić information content (AvgIpc) is 3.43. The van der Waals surface area contributed by atoms with Gasteiger partial charge in [-0.1, -0.05) is 25.4 Å². The second-order valence-corrected chi connectivity index (χ2v) is 9.78. The van der Waals surface area contributed by atoms with E-state index in [1.807, 2.05) is 0 Å². The van der Waals surface area contributed by atoms with Gasteiger partial charge in [0.15, 0.2) is 5.60 Å². The molecule has 4 rings (SSSR count). The topological polar surface area (TPSA) is 55.4 Å². The first-order valence-corrected chi connectivity index (χ1v) is 10.6. The number of halogens is 4. The van der Waals surface area contributed by atoms with Crippen molar-refractivity contribution in [3.05, 3.63) is 40.6 Å². The normalized spacial score (nSPS) is 28.7. The van der Waals surface area contributed by atoms with E-state index in [1.165, 1.54) is 18.2 Å². The molecule has 0 spiro atoms. The zero-order chi connectivity index (χ0) is 22.8. The highest BCUT2D eigenvalue weighted by Gasteiger charge is 2.75. The third-order valence-electron chi connectivity index (χ3n) is 7.32. The molecule has 3 fully saturated rings. The number of ether oxygens (including phenoxy) is 1. The van der Waals surface area contributed by atoms with Crippen molar-refractivity contribution >= 4 is 34.7 Å². The zero-order valence-electron chi connectivity index (χ0n) is 17.5. The molecule has 1 aliphatic heterocycles. The summed E-state index contributed by atoms with van der Waals surface area (Å²) >= 11 is 5.99. The first-order chi connectivity index (χ1) is 14.3. The molecule has 2 saturated carbocycles. The molecule has 2 bridgehead atoms. The predicted octanol–water partition coefficient (Wildman–Crippen LogP) is 5.91. The molecule has 1 N–H and O–H groups in total. The number of hydrogen-bond donors (Lipinski definition) is 1. The molecule has 8 heteroatoms. The molecule has 1 heterocycles. The van der Waals surface area contributed by atoms with Gasteiger partial charge in [-0.25, -0.2) is 0 Å². The number of amides is 1. The number of benzene rings is 1. The Hall–Kier alpha value is -2.24. The second-order valence-electron chi connectivity index (χ2n) is 9.34. The standard InChI is InChI=1S/C23H23ClF3NO3/c1-20(2)21(3)10-11-22(20,31-19(21)30)18(29)28-17-9-7-14(24)12-15(17)16(23(25,26)27)8-6-13-4-5-13/h6-7,9,12-13H,4-5,10-11H2,1-3H3,(H,28,29)/t8?,21-,22+/m0/s1. The van der Waals surface area contributed by atoms with Crippen LogP contribution >= 0.6 is 11.6 Å². The first-order valence-electron chi connectivity index (χ1n) is 10.2. The SMILES string of the molecule is CC1(C)[C@@]2(C)CC[C@]1(C(=O)Nc1ccc(Cl)cc1C(=C=CC1CC1)C(F)(F)F)OC2=O. The molecule has 2 aliphatic carbocycles. The summed E-state index contributed by atoms with van der Waals surface area (Å²) in [6.07, 6.45) is -0.840. The molecule has 0 aromatic heterocycles. The van der Waals surface area contributed by atoms with Crippen molar-refractivity contribution in [2.45, 2.75) is 58.2 Å². The highest BCUT2D eigenvalue weighted by atomic mass is 35.5. The maximum atomic E-state index is 13.9. The second kappa shape index (κ2) is 6.88. The molecule has 1 aromatic carbocycles. The minimum atomic E-state index is -4.70. The lowest BCUT2D eigenvalue weighted by Gasteiger charge is -2.35. The van der Waals surface area contributed by atoms with Crippen LogP contribution in [0.5, 0.6) is 0 Å². The number of esters is 1. The van der Waals surface area contributed by atoms with Gasteiger partial charge < -0.3 is 10.1 Å². The highest BCUT2D eigenvalue weighted by molar-refractivity contribution is 6.31. The molecule has 0 radical (unpaired) electrons. The largest absolute Gasteiger partial charge is 0.448 e. The van der Waals surface area contributed by atoms with Gasteiger partial charge >= 0.3 is 12.1 Å². The number of carbonyl (C=O) groups excluding carboxylic acids is 2. The van der Waals surface area contributed by atoms with Gasteiger partial charge in [0.25, 0.3) is 5.91 Å². The molecular formula is C23H23ClF3NO3. The van der Waals surface area contributed by atoms with E-state index >= 15 is 0 Å². The van der Waals surface area contributed by atoms with Crippen LogP contribution in [0.3, 0.4) is 0 Å². The van der Waals surface area contributed by atoms with Crippen molar-refractivity contribution in [1.82, 2.24) is 0 Å². The molecule has 1 aromatic rings. The Morgan fingerprint density at radius 3 is 2.45 bits per heavy atom. The predicted molar refractivity (Wildman–Crippen MR) is 110 cm³/mol. The molecule has 2 atom stereocenters. The van der Waals surface area contributed by atoms with Crippen LogP contribution in [-0.2, 0) is 14.3 Å². The maximum Gasteiger partial charge on any atom is 0.424 e. The molecular weight excluding hydrogens is 431 g/mol. The van der Waals surface area contributed by atoms with E-state index in [2.05, 4.69) is 11.0 Å². The molecule has 4 nitrogen and oxygen atoms in total. The van der Waals surface area contributed by atoms with Crippen LogP contribution < -0.4 is 5.32 Å². The number of nitrogens with one attached hydrogen (secondary N) is 1. The van der Waals surface area contributed by atoms with Crippen LogP contribution in [0.1, 0.15) is 52.0 Å². The van der Waals surface area contributed by atoms with Crippen molar-refractivity contribution in [2.24, 2.45) is 16.7 Å². The maximum absolute atomic E-state index is 13.9. The van der Waals surface area contributed by atoms with Gasteiger partial charge in [0.2, 0.25) is 0 Å². The Bertz CT molecular complexity index is 1040. The lowest BCUT2D eigenvalue weighted by Crippen LogP contribution is -2.50. The molecule has 3 aliphatic rings. The number of rotatable bonds is 4. The number of anilines is 1. The molecule has 0 unspecified atom stereocenters. The van der Waals surface area contributed by atoms with Crippen LogP contribution in [-0.4, -0.2) is 23.7 Å². The number of alkyl halides is 3. The van der Waals surface area contributed by atoms with Gasteiger partial charge in [-0.3, -0.25) is 9.59 Å². The quantitative estimate of drug-likeness (QED) is 0.455. The van der Waals surface area contributed by atoms with Crippen molar-refractivity contribution in [3.8, 4) is 0 Å². The van der Waals surface area contributed by atoms with E-state index in [0.29, 0.717) is 12.8 Å². The summed E-state index contributed by atoms with van der Waals surface area (Å²) < 4.78 is 47.1. The highest BCUT2D eigenvalue weighted by Crippen LogP contribution is 2.65. The minimum Gasteiger partial charge on any atom is -0.448 e. The summed E-state index contributed by atoms with van der Waals surface area (Å²) in [5, 5.41) is 2.70. The fraction of sp³-hybridized carbons (Fsp3) is 0.522. The summed E-state index contributed by atoms with van der Waals surface area (Å²) in [4.78, 5) is 25.8. The Morgan fingerprint density at radius 1 is 1.26 bits per heavy atom. The lowest BCUT2D eigenvalue weighted by atomic mass is 9.66. The fourth-order valence-corrected chi connectivity index (χ4v) is 4.75. The Morgan fingerprint density at radius 2 is 1.94 bits per heavy atom. The van der Waals surface area contributed by atoms with Crippen molar-refractivity contribution < 1.29 is 27.5 Å². The third-order valence-corrected chi connectivity index (χ3v) is 7.55. The molecule has 1 saturated heterocycles. The van der Waals surface area contributed by atoms with Gasteiger partial charge in [0.1, 0.15) is 5.57 Å². The number of fused-ring (bicyclic) bond motifs is 2. The summed E-state index contributed by atoms with van der Waals surface area (Å²) in [6.45, 7) is 5.33. The number of carbonyl (C=O) groups is 2. The lowest BCUT2D eigenvalue weighted by molar-refractivity contribution is -0.165. The van der Waals surface area contributed by atoms with E-state index in [1.54, 1.807) is 20.8 Å². The van der Waals surface area contributed by atoms with Crippen LogP contribution in [0.25, 0.3) is 5.57 Å². The third kappa shape index (κ3) is 3.30. The first kappa shape index (κ1) is 22.0. The number of allylic oxidation sites excluding steroid dienone is 1. The van der Waals surface area contributed by atoms with E-state index in [9.17, 15) is 22.8 Å². The van der Waals surface area contributed by atoms with Gasteiger partial charge in [-0.05, 0) is 62.8 Å². The number of hydrogen-bond acceptors (Lipinski definition) is 3. The van der Waals surface area contributed by atoms with E-state index in [4.69, 9.17) is 16.3 Å². The van der Waals surface area contributed by atoms with E-state index in [-0.39, 0.29) is 22.2 Å². The van der Waals surface area contributed by atoms with Crippen LogP contribution in [0, 0.1) is 16.7 Å². The fourth-order valence-electron chi connectivity index (χ4n) is 4.58. The monoisotopic (exact) mass is 453 g/mol. The minimum absolute atomic E-state index is 0.0554. The van der Waals surface area contributed by atoms with Crippen LogP contribution in [0.2, 0.25) is 5.02 Å². The van der Waals surface area contributed by atoms with Crippen LogP contribution in [0.4, 0.5) is 18.9 Å². The zero-order valence-corrected chi connectivity index (χ0v) is 18.2. The van der Waals surface area contributed by atoms with Crippen LogP contribution in [0.15, 0.2) is 30.0 Å². The molecule has 1 amide bonds.